The predicted octanol–water partition coefficient (Wildman–Crippen LogP) is 3.90. The quantitative estimate of drug-likeness (QED) is 0.829. The summed E-state index contributed by atoms with van der Waals surface area (Å²) in [4.78, 5) is 6.97. The van der Waals surface area contributed by atoms with E-state index in [0.29, 0.717) is 5.92 Å². The number of rotatable bonds is 7. The van der Waals surface area contributed by atoms with E-state index < -0.39 is 0 Å². The summed E-state index contributed by atoms with van der Waals surface area (Å²) in [7, 11) is 0. The Balaban J connectivity index is 1.35. The fraction of sp³-hybridized carbons (Fsp3) is 0.571. The number of nitrogens with one attached hydrogen (secondary N) is 1. The van der Waals surface area contributed by atoms with Gasteiger partial charge in [0.05, 0.1) is 12.2 Å². The van der Waals surface area contributed by atoms with E-state index in [1.165, 1.54) is 18.4 Å². The molecule has 0 bridgehead atoms. The molecule has 1 unspecified atom stereocenters. The fourth-order valence-electron chi connectivity index (χ4n) is 3.55. The number of benzene rings is 1. The van der Waals surface area contributed by atoms with E-state index in [4.69, 9.17) is 4.42 Å². The molecule has 2 heterocycles. The molecule has 0 radical (unpaired) electrons. The van der Waals surface area contributed by atoms with Crippen molar-refractivity contribution in [1.29, 1.82) is 0 Å². The highest BCUT2D eigenvalue weighted by Crippen LogP contribution is 2.20. The first-order chi connectivity index (χ1) is 12.1. The lowest BCUT2D eigenvalue weighted by Crippen LogP contribution is -2.37. The summed E-state index contributed by atoms with van der Waals surface area (Å²) in [5.74, 6) is 3.16. The fourth-order valence-corrected chi connectivity index (χ4v) is 3.55. The Labute approximate surface area is 151 Å². The number of aromatic nitrogens is 1. The van der Waals surface area contributed by atoms with E-state index in [1.807, 2.05) is 13.8 Å². The van der Waals surface area contributed by atoms with Crippen LogP contribution < -0.4 is 5.32 Å². The Morgan fingerprint density at radius 3 is 2.56 bits per heavy atom. The molecule has 4 heteroatoms. The van der Waals surface area contributed by atoms with Gasteiger partial charge in [-0.2, -0.15) is 0 Å². The van der Waals surface area contributed by atoms with Gasteiger partial charge in [-0.05, 0) is 63.7 Å². The number of likely N-dealkylation sites (tertiary alicyclic amines) is 1. The molecule has 0 spiro atoms. The van der Waals surface area contributed by atoms with E-state index >= 15 is 0 Å². The van der Waals surface area contributed by atoms with Crippen molar-refractivity contribution in [3.8, 4) is 0 Å². The van der Waals surface area contributed by atoms with Crippen molar-refractivity contribution in [2.24, 2.45) is 5.92 Å². The second kappa shape index (κ2) is 8.63. The van der Waals surface area contributed by atoms with Gasteiger partial charge < -0.3 is 9.73 Å². The first-order valence-electron chi connectivity index (χ1n) is 9.52. The van der Waals surface area contributed by atoms with Crippen LogP contribution in [0, 0.1) is 19.8 Å². The van der Waals surface area contributed by atoms with E-state index in [9.17, 15) is 0 Å². The summed E-state index contributed by atoms with van der Waals surface area (Å²) in [5, 5.41) is 3.68. The van der Waals surface area contributed by atoms with Crippen LogP contribution in [0.25, 0.3) is 0 Å². The molecule has 1 atom stereocenters. The van der Waals surface area contributed by atoms with Crippen LogP contribution in [0.1, 0.15) is 48.6 Å². The van der Waals surface area contributed by atoms with Gasteiger partial charge in [0.25, 0.3) is 0 Å². The minimum Gasteiger partial charge on any atom is -0.444 e. The second-order valence-corrected chi connectivity index (χ2v) is 7.44. The standard InChI is InChI=1S/C21H31N3O/c1-16(20-7-5-4-6-8-20)13-22-14-19-9-11-24(12-10-19)15-21-23-17(2)18(3)25-21/h4-8,16,19,22H,9-15H2,1-3H3. The maximum Gasteiger partial charge on any atom is 0.208 e. The Morgan fingerprint density at radius 2 is 1.92 bits per heavy atom. The number of aryl methyl sites for hydroxylation is 2. The zero-order chi connectivity index (χ0) is 17.6. The first-order valence-corrected chi connectivity index (χ1v) is 9.52. The molecule has 0 aliphatic carbocycles. The lowest BCUT2D eigenvalue weighted by molar-refractivity contribution is 0.162. The van der Waals surface area contributed by atoms with E-state index in [-0.39, 0.29) is 0 Å². The summed E-state index contributed by atoms with van der Waals surface area (Å²) < 4.78 is 5.71. The van der Waals surface area contributed by atoms with Crippen molar-refractivity contribution in [3.63, 3.8) is 0 Å². The van der Waals surface area contributed by atoms with Crippen molar-refractivity contribution in [3.05, 3.63) is 53.2 Å². The molecule has 136 valence electrons. The highest BCUT2D eigenvalue weighted by molar-refractivity contribution is 5.18. The van der Waals surface area contributed by atoms with Crippen LogP contribution in [0.5, 0.6) is 0 Å². The molecule has 25 heavy (non-hydrogen) atoms. The molecule has 1 saturated heterocycles. The summed E-state index contributed by atoms with van der Waals surface area (Å²) in [6, 6.07) is 10.8. The van der Waals surface area contributed by atoms with Gasteiger partial charge in [-0.15, -0.1) is 0 Å². The smallest absolute Gasteiger partial charge is 0.208 e. The minimum atomic E-state index is 0.567. The number of nitrogens with zero attached hydrogens (tertiary/aromatic N) is 2. The second-order valence-electron chi connectivity index (χ2n) is 7.44. The molecular weight excluding hydrogens is 310 g/mol. The average Bonchev–Trinajstić information content (AvgIpc) is 2.94. The van der Waals surface area contributed by atoms with Gasteiger partial charge in [0.1, 0.15) is 5.76 Å². The van der Waals surface area contributed by atoms with Crippen LogP contribution in [0.2, 0.25) is 0 Å². The maximum absolute atomic E-state index is 5.71. The molecule has 1 aliphatic rings. The van der Waals surface area contributed by atoms with Gasteiger partial charge in [-0.3, -0.25) is 4.90 Å². The molecule has 1 aromatic carbocycles. The molecule has 3 rings (SSSR count). The lowest BCUT2D eigenvalue weighted by atomic mass is 9.96. The maximum atomic E-state index is 5.71. The van der Waals surface area contributed by atoms with Crippen molar-refractivity contribution < 1.29 is 4.42 Å². The summed E-state index contributed by atoms with van der Waals surface area (Å²) in [5.41, 5.74) is 2.43. The van der Waals surface area contributed by atoms with E-state index in [1.54, 1.807) is 0 Å². The number of piperidine rings is 1. The van der Waals surface area contributed by atoms with Gasteiger partial charge in [-0.25, -0.2) is 4.98 Å². The van der Waals surface area contributed by atoms with Crippen molar-refractivity contribution in [2.75, 3.05) is 26.2 Å². The highest BCUT2D eigenvalue weighted by Gasteiger charge is 2.20. The molecule has 2 aromatic rings. The van der Waals surface area contributed by atoms with Crippen LogP contribution in [0.3, 0.4) is 0 Å². The summed E-state index contributed by atoms with van der Waals surface area (Å²) in [6.07, 6.45) is 2.51. The van der Waals surface area contributed by atoms with Crippen LogP contribution in [0.4, 0.5) is 0 Å². The first kappa shape index (κ1) is 18.2. The molecular formula is C21H31N3O. The summed E-state index contributed by atoms with van der Waals surface area (Å²) in [6.45, 7) is 11.6. The van der Waals surface area contributed by atoms with Crippen molar-refractivity contribution >= 4 is 0 Å². The Hall–Kier alpha value is -1.65. The minimum absolute atomic E-state index is 0.567. The molecule has 1 N–H and O–H groups in total. The monoisotopic (exact) mass is 341 g/mol. The van der Waals surface area contributed by atoms with Gasteiger partial charge in [0.2, 0.25) is 5.89 Å². The van der Waals surface area contributed by atoms with Gasteiger partial charge in [-0.1, -0.05) is 37.3 Å². The van der Waals surface area contributed by atoms with Crippen molar-refractivity contribution in [1.82, 2.24) is 15.2 Å². The Kier molecular flexibility index (Phi) is 6.27. The molecule has 1 aromatic heterocycles. The Morgan fingerprint density at radius 1 is 1.20 bits per heavy atom. The zero-order valence-electron chi connectivity index (χ0n) is 15.8. The number of hydrogen-bond donors (Lipinski definition) is 1. The third-order valence-electron chi connectivity index (χ3n) is 5.39. The average molecular weight is 341 g/mol. The largest absolute Gasteiger partial charge is 0.444 e. The van der Waals surface area contributed by atoms with Crippen LogP contribution in [-0.4, -0.2) is 36.1 Å². The molecule has 1 fully saturated rings. The Bertz CT molecular complexity index is 625. The normalized spacial score (nSPS) is 17.7. The zero-order valence-corrected chi connectivity index (χ0v) is 15.8. The third kappa shape index (κ3) is 5.16. The van der Waals surface area contributed by atoms with Gasteiger partial charge >= 0.3 is 0 Å². The molecule has 1 aliphatic heterocycles. The molecule has 0 amide bonds. The third-order valence-corrected chi connectivity index (χ3v) is 5.39. The number of hydrogen-bond acceptors (Lipinski definition) is 4. The van der Waals surface area contributed by atoms with Crippen LogP contribution in [-0.2, 0) is 6.54 Å². The number of oxazole rings is 1. The van der Waals surface area contributed by atoms with Gasteiger partial charge in [0, 0.05) is 6.54 Å². The molecule has 0 saturated carbocycles. The van der Waals surface area contributed by atoms with Crippen molar-refractivity contribution in [2.45, 2.75) is 46.1 Å². The van der Waals surface area contributed by atoms with Gasteiger partial charge in [0.15, 0.2) is 0 Å². The SMILES string of the molecule is Cc1nc(CN2CCC(CNCC(C)c3ccccc3)CC2)oc1C. The lowest BCUT2D eigenvalue weighted by Gasteiger charge is -2.31. The van der Waals surface area contributed by atoms with Crippen LogP contribution in [0.15, 0.2) is 34.7 Å². The highest BCUT2D eigenvalue weighted by atomic mass is 16.4. The van der Waals surface area contributed by atoms with Crippen LogP contribution >= 0.6 is 0 Å². The van der Waals surface area contributed by atoms with E-state index in [2.05, 4.69) is 52.5 Å². The topological polar surface area (TPSA) is 41.3 Å². The van der Waals surface area contributed by atoms with E-state index in [0.717, 1.165) is 56.0 Å². The molecule has 4 nitrogen and oxygen atoms in total. The predicted molar refractivity (Wildman–Crippen MR) is 102 cm³/mol. The summed E-state index contributed by atoms with van der Waals surface area (Å²) >= 11 is 0.